The molecule has 0 radical (unpaired) electrons. The molecule has 1 saturated heterocycles. The number of aromatic nitrogens is 2. The van der Waals surface area contributed by atoms with Crippen molar-refractivity contribution in [1.82, 2.24) is 9.78 Å². The van der Waals surface area contributed by atoms with E-state index in [-0.39, 0.29) is 16.8 Å². The van der Waals surface area contributed by atoms with Crippen molar-refractivity contribution < 1.29 is 9.47 Å². The summed E-state index contributed by atoms with van der Waals surface area (Å²) < 4.78 is 12.6. The molecule has 0 spiro atoms. The Morgan fingerprint density at radius 2 is 2.05 bits per heavy atom. The lowest BCUT2D eigenvalue weighted by molar-refractivity contribution is -0.0426. The molecule has 6 heteroatoms. The minimum absolute atomic E-state index is 0.108. The third kappa shape index (κ3) is 3.40. The van der Waals surface area contributed by atoms with Crippen LogP contribution in [-0.2, 0) is 4.74 Å². The molecular weight excluding hydrogens is 292 g/mol. The third-order valence-corrected chi connectivity index (χ3v) is 4.64. The summed E-state index contributed by atoms with van der Waals surface area (Å²) in [5, 5.41) is 4.29. The van der Waals surface area contributed by atoms with Crippen molar-refractivity contribution in [3.8, 4) is 5.75 Å². The minimum atomic E-state index is -0.326. The van der Waals surface area contributed by atoms with E-state index < -0.39 is 0 Å². The van der Waals surface area contributed by atoms with E-state index in [0.29, 0.717) is 24.9 Å². The molecule has 1 unspecified atom stereocenters. The topological polar surface area (TPSA) is 53.3 Å². The molecule has 0 N–H and O–H groups in total. The van der Waals surface area contributed by atoms with E-state index in [1.54, 1.807) is 0 Å². The van der Waals surface area contributed by atoms with Gasteiger partial charge in [-0.1, -0.05) is 24.4 Å². The third-order valence-electron chi connectivity index (χ3n) is 4.29. The summed E-state index contributed by atoms with van der Waals surface area (Å²) in [7, 11) is 0. The molecule has 1 atom stereocenters. The first-order valence-corrected chi connectivity index (χ1v) is 8.15. The first kappa shape index (κ1) is 14.9. The van der Waals surface area contributed by atoms with E-state index in [2.05, 4.69) is 5.10 Å². The van der Waals surface area contributed by atoms with Crippen molar-refractivity contribution >= 4 is 11.6 Å². The number of hydrogen-bond donors (Lipinski definition) is 0. The SMILES string of the molecule is O=c1c(Cl)c(OCC2CCCC2)cnn1C1CCCCO1. The second-order valence-electron chi connectivity index (χ2n) is 5.86. The summed E-state index contributed by atoms with van der Waals surface area (Å²) >= 11 is 6.15. The van der Waals surface area contributed by atoms with Crippen molar-refractivity contribution in [2.24, 2.45) is 5.92 Å². The Bertz CT molecular complexity index is 534. The Kier molecular flexibility index (Phi) is 4.80. The predicted molar refractivity (Wildman–Crippen MR) is 79.8 cm³/mol. The largest absolute Gasteiger partial charge is 0.490 e. The zero-order valence-corrected chi connectivity index (χ0v) is 12.8. The van der Waals surface area contributed by atoms with Gasteiger partial charge in [0.1, 0.15) is 0 Å². The predicted octanol–water partition coefficient (Wildman–Crippen LogP) is 3.16. The second-order valence-corrected chi connectivity index (χ2v) is 6.23. The molecule has 21 heavy (non-hydrogen) atoms. The zero-order chi connectivity index (χ0) is 14.7. The van der Waals surface area contributed by atoms with Crippen molar-refractivity contribution in [1.29, 1.82) is 0 Å². The number of hydrogen-bond acceptors (Lipinski definition) is 4. The molecule has 2 heterocycles. The molecule has 1 aliphatic carbocycles. The van der Waals surface area contributed by atoms with Gasteiger partial charge in [-0.25, -0.2) is 0 Å². The maximum absolute atomic E-state index is 12.3. The van der Waals surface area contributed by atoms with E-state index in [9.17, 15) is 4.79 Å². The van der Waals surface area contributed by atoms with Gasteiger partial charge in [0.25, 0.3) is 5.56 Å². The summed E-state index contributed by atoms with van der Waals surface area (Å²) in [6.45, 7) is 1.28. The van der Waals surface area contributed by atoms with Crippen LogP contribution in [0.1, 0.15) is 51.2 Å². The van der Waals surface area contributed by atoms with Gasteiger partial charge in [-0.05, 0) is 38.0 Å². The van der Waals surface area contributed by atoms with Crippen LogP contribution in [0.15, 0.2) is 11.0 Å². The van der Waals surface area contributed by atoms with Gasteiger partial charge in [0, 0.05) is 6.61 Å². The van der Waals surface area contributed by atoms with Gasteiger partial charge in [0.2, 0.25) is 0 Å². The highest BCUT2D eigenvalue weighted by Gasteiger charge is 2.22. The number of nitrogens with zero attached hydrogens (tertiary/aromatic N) is 2. The van der Waals surface area contributed by atoms with Gasteiger partial charge in [0.05, 0.1) is 12.8 Å². The van der Waals surface area contributed by atoms with Gasteiger partial charge < -0.3 is 9.47 Å². The standard InChI is InChI=1S/C15H21ClN2O3/c16-14-12(21-10-11-5-1-2-6-11)9-17-18(15(14)19)13-7-3-4-8-20-13/h9,11,13H,1-8,10H2. The summed E-state index contributed by atoms with van der Waals surface area (Å²) in [6, 6.07) is 0. The molecule has 2 fully saturated rings. The molecule has 1 aliphatic heterocycles. The summed E-state index contributed by atoms with van der Waals surface area (Å²) in [5.41, 5.74) is -0.326. The van der Waals surface area contributed by atoms with Crippen molar-refractivity contribution in [3.63, 3.8) is 0 Å². The molecule has 3 rings (SSSR count). The Morgan fingerprint density at radius 3 is 2.76 bits per heavy atom. The fourth-order valence-electron chi connectivity index (χ4n) is 3.04. The molecule has 0 bridgehead atoms. The Morgan fingerprint density at radius 1 is 1.29 bits per heavy atom. The van der Waals surface area contributed by atoms with Crippen LogP contribution in [0.2, 0.25) is 5.02 Å². The molecule has 1 aromatic heterocycles. The highest BCUT2D eigenvalue weighted by Crippen LogP contribution is 2.27. The van der Waals surface area contributed by atoms with Gasteiger partial charge in [-0.3, -0.25) is 4.79 Å². The lowest BCUT2D eigenvalue weighted by atomic mass is 10.1. The van der Waals surface area contributed by atoms with E-state index in [0.717, 1.165) is 19.3 Å². The van der Waals surface area contributed by atoms with E-state index in [1.807, 2.05) is 0 Å². The van der Waals surface area contributed by atoms with Crippen LogP contribution in [-0.4, -0.2) is 23.0 Å². The molecule has 5 nitrogen and oxygen atoms in total. The molecule has 1 saturated carbocycles. The van der Waals surface area contributed by atoms with Gasteiger partial charge in [-0.2, -0.15) is 9.78 Å². The van der Waals surface area contributed by atoms with E-state index in [4.69, 9.17) is 21.1 Å². The Labute approximate surface area is 129 Å². The molecule has 0 aromatic carbocycles. The Balaban J connectivity index is 1.71. The number of ether oxygens (including phenoxy) is 2. The minimum Gasteiger partial charge on any atom is -0.490 e. The van der Waals surface area contributed by atoms with Gasteiger partial charge in [0.15, 0.2) is 17.0 Å². The van der Waals surface area contributed by atoms with Gasteiger partial charge in [-0.15, -0.1) is 0 Å². The number of rotatable bonds is 4. The fourth-order valence-corrected chi connectivity index (χ4v) is 3.23. The zero-order valence-electron chi connectivity index (χ0n) is 12.1. The fraction of sp³-hybridized carbons (Fsp3) is 0.733. The average molecular weight is 313 g/mol. The highest BCUT2D eigenvalue weighted by atomic mass is 35.5. The second kappa shape index (κ2) is 6.79. The quantitative estimate of drug-likeness (QED) is 0.857. The molecule has 116 valence electrons. The smallest absolute Gasteiger partial charge is 0.291 e. The average Bonchev–Trinajstić information content (AvgIpc) is 3.03. The van der Waals surface area contributed by atoms with Crippen molar-refractivity contribution in [2.45, 2.75) is 51.2 Å². The van der Waals surface area contributed by atoms with Crippen molar-refractivity contribution in [2.75, 3.05) is 13.2 Å². The summed E-state index contributed by atoms with van der Waals surface area (Å²) in [6.07, 6.45) is 9.02. The van der Waals surface area contributed by atoms with E-state index >= 15 is 0 Å². The van der Waals surface area contributed by atoms with Crippen LogP contribution in [0.3, 0.4) is 0 Å². The molecule has 1 aromatic rings. The highest BCUT2D eigenvalue weighted by molar-refractivity contribution is 6.31. The van der Waals surface area contributed by atoms with Crippen LogP contribution in [0.25, 0.3) is 0 Å². The monoisotopic (exact) mass is 312 g/mol. The maximum atomic E-state index is 12.3. The van der Waals surface area contributed by atoms with E-state index in [1.165, 1.54) is 36.6 Å². The van der Waals surface area contributed by atoms with Crippen LogP contribution in [0.5, 0.6) is 5.75 Å². The number of halogens is 1. The lowest BCUT2D eigenvalue weighted by Crippen LogP contribution is -2.31. The van der Waals surface area contributed by atoms with Crippen LogP contribution >= 0.6 is 11.6 Å². The summed E-state index contributed by atoms with van der Waals surface area (Å²) in [5.74, 6) is 0.964. The first-order chi connectivity index (χ1) is 10.3. The van der Waals surface area contributed by atoms with Gasteiger partial charge >= 0.3 is 0 Å². The molecular formula is C15H21ClN2O3. The van der Waals surface area contributed by atoms with Crippen molar-refractivity contribution in [3.05, 3.63) is 21.6 Å². The normalized spacial score (nSPS) is 23.4. The molecule has 2 aliphatic rings. The maximum Gasteiger partial charge on any atom is 0.291 e. The van der Waals surface area contributed by atoms with Crippen LogP contribution < -0.4 is 10.3 Å². The first-order valence-electron chi connectivity index (χ1n) is 7.77. The lowest BCUT2D eigenvalue weighted by Gasteiger charge is -2.23. The van der Waals surface area contributed by atoms with Crippen LogP contribution in [0.4, 0.5) is 0 Å². The summed E-state index contributed by atoms with van der Waals surface area (Å²) in [4.78, 5) is 12.3. The Hall–Kier alpha value is -1.07. The molecule has 0 amide bonds. The van der Waals surface area contributed by atoms with Crippen LogP contribution in [0, 0.1) is 5.92 Å².